The molecular weight excluding hydrogens is 324 g/mol. The number of carbonyl (C=O) groups excluding carboxylic acids is 1. The van der Waals surface area contributed by atoms with Crippen LogP contribution in [-0.2, 0) is 14.9 Å². The van der Waals surface area contributed by atoms with Crippen molar-refractivity contribution < 1.29 is 9.53 Å². The minimum Gasteiger partial charge on any atom is -0.469 e. The SMILES string of the molecule is COC(=O)C1CC23C=CCN4CCC56c7ccccc7NC15C2C6(C)C43. The quantitative estimate of drug-likeness (QED) is 0.626. The molecule has 3 aliphatic heterocycles. The molecule has 26 heavy (non-hydrogen) atoms. The van der Waals surface area contributed by atoms with Crippen LogP contribution in [0.25, 0.3) is 0 Å². The van der Waals surface area contributed by atoms with E-state index in [-0.39, 0.29) is 33.7 Å². The first-order valence-electron chi connectivity index (χ1n) is 9.95. The highest BCUT2D eigenvalue weighted by Gasteiger charge is 2.99. The first kappa shape index (κ1) is 14.3. The van der Waals surface area contributed by atoms with E-state index in [4.69, 9.17) is 4.74 Å². The van der Waals surface area contributed by atoms with Gasteiger partial charge in [0, 0.05) is 40.4 Å². The van der Waals surface area contributed by atoms with Gasteiger partial charge in [0.05, 0.1) is 18.6 Å². The summed E-state index contributed by atoms with van der Waals surface area (Å²) in [7, 11) is 1.55. The Hall–Kier alpha value is -1.81. The molecule has 6 aliphatic rings. The van der Waals surface area contributed by atoms with Crippen LogP contribution >= 0.6 is 0 Å². The molecule has 1 aromatic rings. The van der Waals surface area contributed by atoms with E-state index in [0.29, 0.717) is 12.0 Å². The number of hydrogen-bond acceptors (Lipinski definition) is 4. The number of esters is 1. The Labute approximate surface area is 153 Å². The maximum absolute atomic E-state index is 13.0. The van der Waals surface area contributed by atoms with Crippen molar-refractivity contribution in [2.45, 2.75) is 36.8 Å². The molecule has 1 aromatic carbocycles. The molecule has 4 heteroatoms. The Bertz CT molecular complexity index is 926. The minimum absolute atomic E-state index is 0.0216. The molecule has 1 N–H and O–H groups in total. The highest BCUT2D eigenvalue weighted by Crippen LogP contribution is 2.93. The van der Waals surface area contributed by atoms with Gasteiger partial charge in [0.2, 0.25) is 0 Å². The number of nitrogens with zero attached hydrogens (tertiary/aromatic N) is 1. The van der Waals surface area contributed by atoms with Crippen molar-refractivity contribution >= 4 is 11.7 Å². The van der Waals surface area contributed by atoms with Gasteiger partial charge in [0.1, 0.15) is 0 Å². The number of para-hydroxylation sites is 1. The van der Waals surface area contributed by atoms with Gasteiger partial charge in [-0.25, -0.2) is 0 Å². The molecule has 0 amide bonds. The third kappa shape index (κ3) is 0.954. The van der Waals surface area contributed by atoms with E-state index in [0.717, 1.165) is 25.9 Å². The van der Waals surface area contributed by atoms with Crippen molar-refractivity contribution in [3.8, 4) is 0 Å². The molecule has 3 spiro atoms. The summed E-state index contributed by atoms with van der Waals surface area (Å²) < 4.78 is 5.35. The summed E-state index contributed by atoms with van der Waals surface area (Å²) in [6.45, 7) is 4.72. The molecule has 3 heterocycles. The van der Waals surface area contributed by atoms with Crippen LogP contribution < -0.4 is 5.32 Å². The van der Waals surface area contributed by atoms with Gasteiger partial charge in [-0.2, -0.15) is 0 Å². The molecule has 1 saturated heterocycles. The predicted octanol–water partition coefficient (Wildman–Crippen LogP) is 2.56. The predicted molar refractivity (Wildman–Crippen MR) is 97.7 cm³/mol. The minimum atomic E-state index is -0.164. The molecule has 4 nitrogen and oxygen atoms in total. The molecular formula is C22H24N2O2. The monoisotopic (exact) mass is 348 g/mol. The zero-order chi connectivity index (χ0) is 17.5. The summed E-state index contributed by atoms with van der Waals surface area (Å²) in [5.74, 6) is 0.431. The molecule has 3 aliphatic carbocycles. The van der Waals surface area contributed by atoms with Gasteiger partial charge in [-0.15, -0.1) is 0 Å². The first-order valence-corrected chi connectivity index (χ1v) is 9.95. The Morgan fingerprint density at radius 2 is 2.19 bits per heavy atom. The number of nitrogens with one attached hydrogen (secondary N) is 1. The normalized spacial score (nSPS) is 53.5. The number of benzene rings is 1. The smallest absolute Gasteiger partial charge is 0.311 e. The topological polar surface area (TPSA) is 41.6 Å². The van der Waals surface area contributed by atoms with Crippen molar-refractivity contribution in [1.29, 1.82) is 0 Å². The molecule has 7 rings (SSSR count). The number of anilines is 1. The van der Waals surface area contributed by atoms with E-state index in [2.05, 4.69) is 53.6 Å². The molecule has 134 valence electrons. The summed E-state index contributed by atoms with van der Waals surface area (Å²) in [5.41, 5.74) is 3.00. The van der Waals surface area contributed by atoms with Crippen LogP contribution in [0.5, 0.6) is 0 Å². The van der Waals surface area contributed by atoms with E-state index in [1.165, 1.54) is 11.3 Å². The summed E-state index contributed by atoms with van der Waals surface area (Å²) >= 11 is 0. The van der Waals surface area contributed by atoms with Crippen LogP contribution in [0.1, 0.15) is 25.3 Å². The second-order valence-corrected chi connectivity index (χ2v) is 9.60. The molecule has 0 radical (unpaired) electrons. The Kier molecular flexibility index (Phi) is 2.06. The van der Waals surface area contributed by atoms with Crippen molar-refractivity contribution in [2.75, 3.05) is 25.5 Å². The fourth-order valence-corrected chi connectivity index (χ4v) is 9.58. The van der Waals surface area contributed by atoms with Gasteiger partial charge in [-0.1, -0.05) is 37.3 Å². The van der Waals surface area contributed by atoms with Crippen LogP contribution in [-0.4, -0.2) is 42.6 Å². The Morgan fingerprint density at radius 1 is 1.35 bits per heavy atom. The molecule has 4 fully saturated rings. The molecule has 0 aromatic heterocycles. The highest BCUT2D eigenvalue weighted by molar-refractivity contribution is 5.85. The van der Waals surface area contributed by atoms with Gasteiger partial charge in [0.15, 0.2) is 0 Å². The summed E-state index contributed by atoms with van der Waals surface area (Å²) in [5, 5.41) is 3.95. The van der Waals surface area contributed by atoms with E-state index in [9.17, 15) is 4.79 Å². The lowest BCUT2D eigenvalue weighted by atomic mass is 9.19. The van der Waals surface area contributed by atoms with Crippen LogP contribution in [0.15, 0.2) is 36.4 Å². The lowest BCUT2D eigenvalue weighted by Crippen LogP contribution is -2.95. The Morgan fingerprint density at radius 3 is 3.04 bits per heavy atom. The van der Waals surface area contributed by atoms with Crippen molar-refractivity contribution in [3.05, 3.63) is 42.0 Å². The average molecular weight is 348 g/mol. The van der Waals surface area contributed by atoms with E-state index in [1.807, 2.05) is 0 Å². The van der Waals surface area contributed by atoms with E-state index in [1.54, 1.807) is 7.11 Å². The highest BCUT2D eigenvalue weighted by atomic mass is 16.5. The summed E-state index contributed by atoms with van der Waals surface area (Å²) in [4.78, 5) is 15.7. The fraction of sp³-hybridized carbons (Fsp3) is 0.591. The number of hydrogen-bond donors (Lipinski definition) is 1. The maximum atomic E-state index is 13.0. The molecule has 7 unspecified atom stereocenters. The number of ether oxygens (including phenoxy) is 1. The van der Waals surface area contributed by atoms with Crippen LogP contribution in [0.4, 0.5) is 5.69 Å². The Balaban J connectivity index is 1.57. The lowest BCUT2D eigenvalue weighted by Gasteiger charge is -2.88. The lowest BCUT2D eigenvalue weighted by molar-refractivity contribution is -0.331. The second kappa shape index (κ2) is 3.75. The zero-order valence-corrected chi connectivity index (χ0v) is 15.3. The number of carbonyl (C=O) groups is 1. The van der Waals surface area contributed by atoms with E-state index >= 15 is 0 Å². The van der Waals surface area contributed by atoms with Gasteiger partial charge < -0.3 is 10.1 Å². The zero-order valence-electron chi connectivity index (χ0n) is 15.3. The van der Waals surface area contributed by atoms with Crippen LogP contribution in [0, 0.1) is 22.7 Å². The third-order valence-corrected chi connectivity index (χ3v) is 9.52. The van der Waals surface area contributed by atoms with E-state index < -0.39 is 0 Å². The number of rotatable bonds is 1. The molecule has 3 saturated carbocycles. The third-order valence-electron chi connectivity index (χ3n) is 9.52. The molecule has 7 atom stereocenters. The van der Waals surface area contributed by atoms with Gasteiger partial charge >= 0.3 is 5.97 Å². The van der Waals surface area contributed by atoms with Crippen molar-refractivity contribution in [1.82, 2.24) is 4.90 Å². The maximum Gasteiger partial charge on any atom is 0.311 e. The summed E-state index contributed by atoms with van der Waals surface area (Å²) in [6.07, 6.45) is 6.90. The van der Waals surface area contributed by atoms with Crippen LogP contribution in [0.2, 0.25) is 0 Å². The van der Waals surface area contributed by atoms with Gasteiger partial charge in [-0.3, -0.25) is 9.69 Å². The van der Waals surface area contributed by atoms with Crippen molar-refractivity contribution in [2.24, 2.45) is 22.7 Å². The first-order chi connectivity index (χ1) is 12.6. The summed E-state index contributed by atoms with van der Waals surface area (Å²) in [6, 6.07) is 9.39. The number of methoxy groups -OCH3 is 1. The second-order valence-electron chi connectivity index (χ2n) is 9.60. The largest absolute Gasteiger partial charge is 0.469 e. The number of fused-ring (bicyclic) bond motifs is 1. The molecule has 0 bridgehead atoms. The van der Waals surface area contributed by atoms with Crippen molar-refractivity contribution in [3.63, 3.8) is 0 Å². The standard InChI is InChI=1S/C22H24N2O2/c1-19-17-20-8-5-10-24(18(19)20)11-9-21(19)13-6-3-4-7-15(13)23-22(17,21)14(12-20)16(25)26-2/h3-8,14,17-18,23H,9-12H2,1-2H3. The fourth-order valence-electron chi connectivity index (χ4n) is 9.58. The average Bonchev–Trinajstić information content (AvgIpc) is 2.99. The number of piperidine rings is 1. The van der Waals surface area contributed by atoms with Gasteiger partial charge in [0.25, 0.3) is 0 Å². The van der Waals surface area contributed by atoms with Gasteiger partial charge in [-0.05, 0) is 31.0 Å². The van der Waals surface area contributed by atoms with Crippen LogP contribution in [0.3, 0.4) is 0 Å².